The first kappa shape index (κ1) is 20.6. The maximum absolute atomic E-state index is 11.0. The largest absolute Gasteiger partial charge is 0.497 e. The average Bonchev–Trinajstić information content (AvgIpc) is 2.65. The molecule has 1 amide bonds. The highest BCUT2D eigenvalue weighted by molar-refractivity contribution is 14.1. The predicted molar refractivity (Wildman–Crippen MR) is 111 cm³/mol. The number of carbonyl (C=O) groups excluding carboxylic acids is 1. The summed E-state index contributed by atoms with van der Waals surface area (Å²) < 4.78 is 17.0. The summed E-state index contributed by atoms with van der Waals surface area (Å²) in [5.74, 6) is 1.10. The molecule has 7 heteroatoms. The van der Waals surface area contributed by atoms with Gasteiger partial charge in [-0.1, -0.05) is 0 Å². The monoisotopic (exact) mass is 478 g/mol. The Balaban J connectivity index is 2.42. The molecule has 0 saturated carbocycles. The predicted octanol–water partition coefficient (Wildman–Crippen LogP) is 3.63. The van der Waals surface area contributed by atoms with E-state index < -0.39 is 5.91 Å². The summed E-state index contributed by atoms with van der Waals surface area (Å²) in [6.45, 7) is 2.05. The summed E-state index contributed by atoms with van der Waals surface area (Å²) >= 11 is 2.10. The molecule has 0 aromatic heterocycles. The molecule has 0 saturated heterocycles. The van der Waals surface area contributed by atoms with Gasteiger partial charge in [-0.05, 0) is 83.1 Å². The number of hydrogen-bond acceptors (Lipinski definition) is 5. The number of methoxy groups -OCH3 is 1. The van der Waals surface area contributed by atoms with Crippen molar-refractivity contribution >= 4 is 40.1 Å². The van der Waals surface area contributed by atoms with Gasteiger partial charge in [0, 0.05) is 0 Å². The number of halogens is 1. The number of benzene rings is 2. The minimum atomic E-state index is -0.566. The van der Waals surface area contributed by atoms with E-state index >= 15 is 0 Å². The molecule has 0 bridgehead atoms. The van der Waals surface area contributed by atoms with Gasteiger partial charge in [-0.3, -0.25) is 4.79 Å². The molecule has 0 atom stereocenters. The first-order valence-corrected chi connectivity index (χ1v) is 9.20. The number of nitrogens with zero attached hydrogens (tertiary/aromatic N) is 1. The Labute approximate surface area is 171 Å². The van der Waals surface area contributed by atoms with Gasteiger partial charge in [0.15, 0.2) is 18.1 Å². The van der Waals surface area contributed by atoms with Crippen LogP contribution >= 0.6 is 22.6 Å². The highest BCUT2D eigenvalue weighted by atomic mass is 127. The Hall–Kier alpha value is -2.73. The van der Waals surface area contributed by atoms with Crippen LogP contribution in [0.5, 0.6) is 17.2 Å². The zero-order valence-electron chi connectivity index (χ0n) is 15.0. The van der Waals surface area contributed by atoms with E-state index in [0.717, 1.165) is 20.4 Å². The van der Waals surface area contributed by atoms with Crippen LogP contribution in [0.4, 0.5) is 0 Å². The third-order valence-electron chi connectivity index (χ3n) is 3.52. The molecule has 0 aliphatic heterocycles. The fourth-order valence-electron chi connectivity index (χ4n) is 2.33. The highest BCUT2D eigenvalue weighted by Gasteiger charge is 2.13. The van der Waals surface area contributed by atoms with Crippen molar-refractivity contribution in [1.82, 2.24) is 0 Å². The summed E-state index contributed by atoms with van der Waals surface area (Å²) in [5.41, 5.74) is 7.21. The van der Waals surface area contributed by atoms with E-state index in [1.54, 1.807) is 31.4 Å². The first-order valence-electron chi connectivity index (χ1n) is 8.12. The lowest BCUT2D eigenvalue weighted by molar-refractivity contribution is -0.119. The standard InChI is InChI=1S/C20H19IN2O4/c1-3-26-18-10-13(9-17(21)20(18)27-12-19(23)24)8-15(11-22)14-4-6-16(25-2)7-5-14/h4-10H,3,12H2,1-2H3,(H2,23,24)/b15-8+. The quantitative estimate of drug-likeness (QED) is 0.355. The van der Waals surface area contributed by atoms with E-state index in [1.165, 1.54) is 0 Å². The van der Waals surface area contributed by atoms with Crippen molar-refractivity contribution in [2.45, 2.75) is 6.92 Å². The van der Waals surface area contributed by atoms with E-state index in [2.05, 4.69) is 28.7 Å². The maximum Gasteiger partial charge on any atom is 0.255 e. The fourth-order valence-corrected chi connectivity index (χ4v) is 3.12. The van der Waals surface area contributed by atoms with Crippen molar-refractivity contribution in [1.29, 1.82) is 5.26 Å². The van der Waals surface area contributed by atoms with Crippen molar-refractivity contribution in [3.63, 3.8) is 0 Å². The zero-order chi connectivity index (χ0) is 19.8. The van der Waals surface area contributed by atoms with Crippen molar-refractivity contribution in [2.24, 2.45) is 5.73 Å². The number of amides is 1. The number of ether oxygens (including phenoxy) is 3. The molecule has 140 valence electrons. The summed E-state index contributed by atoms with van der Waals surface area (Å²) in [6.07, 6.45) is 1.77. The molecule has 0 fully saturated rings. The third-order valence-corrected chi connectivity index (χ3v) is 4.32. The second kappa shape index (κ2) is 9.83. The van der Waals surface area contributed by atoms with Crippen LogP contribution in [0, 0.1) is 14.9 Å². The van der Waals surface area contributed by atoms with Gasteiger partial charge in [0.25, 0.3) is 5.91 Å². The van der Waals surface area contributed by atoms with Crippen molar-refractivity contribution in [3.8, 4) is 23.3 Å². The van der Waals surface area contributed by atoms with Crippen molar-refractivity contribution in [2.75, 3.05) is 20.3 Å². The van der Waals surface area contributed by atoms with Crippen LogP contribution in [0.15, 0.2) is 36.4 Å². The fraction of sp³-hybridized carbons (Fsp3) is 0.200. The van der Waals surface area contributed by atoms with Gasteiger partial charge >= 0.3 is 0 Å². The van der Waals surface area contributed by atoms with Gasteiger partial charge < -0.3 is 19.9 Å². The Bertz CT molecular complexity index is 886. The molecule has 0 spiro atoms. The molecule has 27 heavy (non-hydrogen) atoms. The molecule has 2 N–H and O–H groups in total. The zero-order valence-corrected chi connectivity index (χ0v) is 17.1. The molecule has 0 radical (unpaired) electrons. The van der Waals surface area contributed by atoms with Crippen molar-refractivity contribution in [3.05, 3.63) is 51.1 Å². The number of primary amides is 1. The van der Waals surface area contributed by atoms with Gasteiger partial charge in [0.05, 0.1) is 28.9 Å². The second-order valence-electron chi connectivity index (χ2n) is 5.42. The van der Waals surface area contributed by atoms with Gasteiger partial charge in [0.2, 0.25) is 0 Å². The topological polar surface area (TPSA) is 94.6 Å². The Morgan fingerprint density at radius 2 is 1.96 bits per heavy atom. The Morgan fingerprint density at radius 3 is 2.52 bits per heavy atom. The molecule has 0 aliphatic rings. The summed E-state index contributed by atoms with van der Waals surface area (Å²) in [6, 6.07) is 13.1. The Morgan fingerprint density at radius 1 is 1.26 bits per heavy atom. The number of allylic oxidation sites excluding steroid dienone is 1. The second-order valence-corrected chi connectivity index (χ2v) is 6.58. The highest BCUT2D eigenvalue weighted by Crippen LogP contribution is 2.35. The number of nitrogens with two attached hydrogens (primary N) is 1. The summed E-state index contributed by atoms with van der Waals surface area (Å²) in [7, 11) is 1.59. The molecule has 0 unspecified atom stereocenters. The number of nitriles is 1. The lowest BCUT2D eigenvalue weighted by atomic mass is 10.0. The van der Waals surface area contributed by atoms with Crippen LogP contribution in [0.25, 0.3) is 11.6 Å². The molecular weight excluding hydrogens is 459 g/mol. The summed E-state index contributed by atoms with van der Waals surface area (Å²) in [4.78, 5) is 11.0. The normalized spacial score (nSPS) is 10.8. The van der Waals surface area contributed by atoms with E-state index in [0.29, 0.717) is 23.7 Å². The number of hydrogen-bond donors (Lipinski definition) is 1. The molecular formula is C20H19IN2O4. The van der Waals surface area contributed by atoms with Gasteiger partial charge in [-0.2, -0.15) is 5.26 Å². The Kier molecular flexibility index (Phi) is 7.49. The molecule has 0 heterocycles. The van der Waals surface area contributed by atoms with Gasteiger partial charge in [0.1, 0.15) is 5.75 Å². The molecule has 2 aromatic carbocycles. The minimum absolute atomic E-state index is 0.236. The summed E-state index contributed by atoms with van der Waals surface area (Å²) in [5, 5.41) is 9.55. The van der Waals surface area contributed by atoms with E-state index in [9.17, 15) is 10.1 Å². The minimum Gasteiger partial charge on any atom is -0.497 e. The van der Waals surface area contributed by atoms with Gasteiger partial charge in [-0.25, -0.2) is 0 Å². The van der Waals surface area contributed by atoms with Crippen molar-refractivity contribution < 1.29 is 19.0 Å². The number of rotatable bonds is 8. The van der Waals surface area contributed by atoms with E-state index in [4.69, 9.17) is 19.9 Å². The lowest BCUT2D eigenvalue weighted by Gasteiger charge is -2.14. The maximum atomic E-state index is 11.0. The average molecular weight is 478 g/mol. The van der Waals surface area contributed by atoms with E-state index in [-0.39, 0.29) is 6.61 Å². The van der Waals surface area contributed by atoms with Crippen LogP contribution in [-0.2, 0) is 4.79 Å². The van der Waals surface area contributed by atoms with Crippen LogP contribution in [0.3, 0.4) is 0 Å². The first-order chi connectivity index (χ1) is 13.0. The van der Waals surface area contributed by atoms with E-state index in [1.807, 2.05) is 25.1 Å². The van der Waals surface area contributed by atoms with Crippen LogP contribution < -0.4 is 19.9 Å². The smallest absolute Gasteiger partial charge is 0.255 e. The van der Waals surface area contributed by atoms with Crippen LogP contribution in [0.1, 0.15) is 18.1 Å². The van der Waals surface area contributed by atoms with Crippen LogP contribution in [-0.4, -0.2) is 26.2 Å². The lowest BCUT2D eigenvalue weighted by Crippen LogP contribution is -2.20. The van der Waals surface area contributed by atoms with Gasteiger partial charge in [-0.15, -0.1) is 0 Å². The number of carbonyl (C=O) groups is 1. The molecule has 2 aromatic rings. The molecule has 0 aliphatic carbocycles. The molecule has 2 rings (SSSR count). The molecule has 6 nitrogen and oxygen atoms in total. The SMILES string of the molecule is CCOc1cc(/C=C(\C#N)c2ccc(OC)cc2)cc(I)c1OCC(N)=O. The van der Waals surface area contributed by atoms with Crippen LogP contribution in [0.2, 0.25) is 0 Å². The third kappa shape index (κ3) is 5.62.